The quantitative estimate of drug-likeness (QED) is 0.607. The number of nitrogens with one attached hydrogen (secondary N) is 1. The zero-order chi connectivity index (χ0) is 15.8. The molecule has 6 heteroatoms. The van der Waals surface area contributed by atoms with Gasteiger partial charge in [-0.1, -0.05) is 12.1 Å². The van der Waals surface area contributed by atoms with E-state index in [0.717, 1.165) is 38.4 Å². The molecule has 0 aliphatic rings. The lowest BCUT2D eigenvalue weighted by atomic mass is 10.0. The van der Waals surface area contributed by atoms with E-state index in [1.165, 1.54) is 0 Å². The molecule has 23 heavy (non-hydrogen) atoms. The van der Waals surface area contributed by atoms with Crippen molar-refractivity contribution in [1.82, 2.24) is 20.2 Å². The van der Waals surface area contributed by atoms with Gasteiger partial charge >= 0.3 is 0 Å². The Morgan fingerprint density at radius 2 is 2.17 bits per heavy atom. The van der Waals surface area contributed by atoms with E-state index in [0.29, 0.717) is 5.56 Å². The summed E-state index contributed by atoms with van der Waals surface area (Å²) in [5, 5.41) is 16.2. The van der Waals surface area contributed by atoms with Crippen LogP contribution in [0.1, 0.15) is 11.3 Å². The van der Waals surface area contributed by atoms with Gasteiger partial charge in [0.15, 0.2) is 0 Å². The van der Waals surface area contributed by atoms with Gasteiger partial charge in [0.1, 0.15) is 5.52 Å². The fourth-order valence-corrected chi connectivity index (χ4v) is 3.46. The molecule has 0 amide bonds. The number of pyridine rings is 1. The Hall–Kier alpha value is -3.04. The summed E-state index contributed by atoms with van der Waals surface area (Å²) in [6.45, 7) is 1.97. The first kappa shape index (κ1) is 13.6. The highest BCUT2D eigenvalue weighted by molar-refractivity contribution is 7.13. The van der Waals surface area contributed by atoms with Crippen molar-refractivity contribution in [2.24, 2.45) is 0 Å². The van der Waals surface area contributed by atoms with Crippen LogP contribution in [-0.4, -0.2) is 20.2 Å². The minimum Gasteiger partial charge on any atom is -0.276 e. The first-order valence-corrected chi connectivity index (χ1v) is 7.89. The van der Waals surface area contributed by atoms with Crippen molar-refractivity contribution in [2.75, 3.05) is 0 Å². The Labute approximate surface area is 136 Å². The van der Waals surface area contributed by atoms with Crippen LogP contribution < -0.4 is 0 Å². The second-order valence-electron chi connectivity index (χ2n) is 5.16. The predicted octanol–water partition coefficient (Wildman–Crippen LogP) is 3.93. The van der Waals surface area contributed by atoms with E-state index in [1.54, 1.807) is 23.6 Å². The van der Waals surface area contributed by atoms with E-state index in [1.807, 2.05) is 36.7 Å². The van der Waals surface area contributed by atoms with Crippen LogP contribution in [0.5, 0.6) is 0 Å². The number of rotatable bonds is 2. The van der Waals surface area contributed by atoms with Gasteiger partial charge < -0.3 is 0 Å². The minimum absolute atomic E-state index is 0.624. The average molecular weight is 317 g/mol. The third-order valence-electron chi connectivity index (χ3n) is 3.62. The molecule has 0 aliphatic heterocycles. The second kappa shape index (κ2) is 5.30. The second-order valence-corrected chi connectivity index (χ2v) is 6.02. The van der Waals surface area contributed by atoms with Crippen LogP contribution in [0.15, 0.2) is 42.0 Å². The maximum atomic E-state index is 9.11. The molecule has 0 aliphatic carbocycles. The van der Waals surface area contributed by atoms with Crippen molar-refractivity contribution in [3.8, 4) is 27.8 Å². The zero-order valence-electron chi connectivity index (χ0n) is 12.2. The van der Waals surface area contributed by atoms with E-state index < -0.39 is 0 Å². The van der Waals surface area contributed by atoms with Crippen LogP contribution in [-0.2, 0) is 0 Å². The van der Waals surface area contributed by atoms with Crippen molar-refractivity contribution in [1.29, 1.82) is 5.26 Å². The van der Waals surface area contributed by atoms with Gasteiger partial charge in [0.05, 0.1) is 39.4 Å². The molecule has 0 saturated carbocycles. The number of H-pyrrole nitrogens is 1. The standard InChI is InChI=1S/C17H11N5S/c1-10-5-13(16-14(21-10)8-20-22-16)17-15(19-9-23-17)12-4-2-3-11(6-12)7-18/h2-6,8-9H,1H3,(H,20,22). The van der Waals surface area contributed by atoms with Gasteiger partial charge in [-0.15, -0.1) is 11.3 Å². The van der Waals surface area contributed by atoms with Crippen molar-refractivity contribution in [3.63, 3.8) is 0 Å². The number of hydrogen-bond donors (Lipinski definition) is 1. The maximum Gasteiger partial charge on any atom is 0.109 e. The molecule has 5 nitrogen and oxygen atoms in total. The van der Waals surface area contributed by atoms with Crippen molar-refractivity contribution < 1.29 is 0 Å². The molecule has 0 fully saturated rings. The number of benzene rings is 1. The van der Waals surface area contributed by atoms with Gasteiger partial charge in [-0.05, 0) is 25.1 Å². The van der Waals surface area contributed by atoms with E-state index in [2.05, 4.69) is 26.2 Å². The fourth-order valence-electron chi connectivity index (χ4n) is 2.62. The van der Waals surface area contributed by atoms with Gasteiger partial charge in [0.25, 0.3) is 0 Å². The van der Waals surface area contributed by atoms with Crippen LogP contribution in [0.25, 0.3) is 32.7 Å². The molecule has 1 aromatic carbocycles. The van der Waals surface area contributed by atoms with Crippen LogP contribution in [0.2, 0.25) is 0 Å². The SMILES string of the molecule is Cc1cc(-c2scnc2-c2cccc(C#N)c2)c2[nH]ncc2n1. The summed E-state index contributed by atoms with van der Waals surface area (Å²) in [5.41, 5.74) is 7.95. The monoisotopic (exact) mass is 317 g/mol. The summed E-state index contributed by atoms with van der Waals surface area (Å²) in [7, 11) is 0. The molecule has 1 N–H and O–H groups in total. The van der Waals surface area contributed by atoms with Crippen molar-refractivity contribution in [2.45, 2.75) is 6.92 Å². The van der Waals surface area contributed by atoms with Gasteiger partial charge in [0, 0.05) is 16.8 Å². The molecule has 0 atom stereocenters. The average Bonchev–Trinajstić information content (AvgIpc) is 3.23. The third kappa shape index (κ3) is 2.28. The molecule has 0 spiro atoms. The number of fused-ring (bicyclic) bond motifs is 1. The molecule has 0 saturated heterocycles. The molecule has 0 radical (unpaired) electrons. The number of thiazole rings is 1. The van der Waals surface area contributed by atoms with E-state index in [-0.39, 0.29) is 0 Å². The largest absolute Gasteiger partial charge is 0.276 e. The highest BCUT2D eigenvalue weighted by atomic mass is 32.1. The lowest BCUT2D eigenvalue weighted by molar-refractivity contribution is 1.12. The number of nitrogens with zero attached hydrogens (tertiary/aromatic N) is 4. The first-order valence-electron chi connectivity index (χ1n) is 7.01. The zero-order valence-corrected chi connectivity index (χ0v) is 13.1. The lowest BCUT2D eigenvalue weighted by Gasteiger charge is -2.06. The highest BCUT2D eigenvalue weighted by Crippen LogP contribution is 2.37. The Morgan fingerprint density at radius 1 is 1.26 bits per heavy atom. The summed E-state index contributed by atoms with van der Waals surface area (Å²) in [6.07, 6.45) is 1.73. The van der Waals surface area contributed by atoms with Gasteiger partial charge in [-0.25, -0.2) is 9.97 Å². The number of aromatic amines is 1. The van der Waals surface area contributed by atoms with Crippen LogP contribution in [0.3, 0.4) is 0 Å². The molecule has 4 aromatic rings. The normalized spacial score (nSPS) is 10.8. The minimum atomic E-state index is 0.624. The number of aryl methyl sites for hydroxylation is 1. The molecule has 110 valence electrons. The Kier molecular flexibility index (Phi) is 3.14. The Balaban J connectivity index is 1.96. The van der Waals surface area contributed by atoms with Gasteiger partial charge in [0.2, 0.25) is 0 Å². The molecular weight excluding hydrogens is 306 g/mol. The molecule has 0 bridgehead atoms. The third-order valence-corrected chi connectivity index (χ3v) is 4.48. The number of hydrogen-bond acceptors (Lipinski definition) is 5. The van der Waals surface area contributed by atoms with Crippen LogP contribution in [0.4, 0.5) is 0 Å². The van der Waals surface area contributed by atoms with E-state index in [9.17, 15) is 0 Å². The van der Waals surface area contributed by atoms with Crippen molar-refractivity contribution >= 4 is 22.4 Å². The first-order chi connectivity index (χ1) is 11.3. The summed E-state index contributed by atoms with van der Waals surface area (Å²) < 4.78 is 0. The van der Waals surface area contributed by atoms with Crippen LogP contribution in [0, 0.1) is 18.3 Å². The topological polar surface area (TPSA) is 78.2 Å². The van der Waals surface area contributed by atoms with E-state index >= 15 is 0 Å². The number of nitriles is 1. The van der Waals surface area contributed by atoms with Crippen molar-refractivity contribution in [3.05, 3.63) is 53.3 Å². The predicted molar refractivity (Wildman–Crippen MR) is 89.9 cm³/mol. The molecular formula is C17H11N5S. The van der Waals surface area contributed by atoms with Gasteiger partial charge in [-0.2, -0.15) is 10.4 Å². The number of aromatic nitrogens is 4. The molecule has 0 unspecified atom stereocenters. The van der Waals surface area contributed by atoms with Gasteiger partial charge in [-0.3, -0.25) is 5.10 Å². The smallest absolute Gasteiger partial charge is 0.109 e. The maximum absolute atomic E-state index is 9.11. The highest BCUT2D eigenvalue weighted by Gasteiger charge is 2.16. The fraction of sp³-hybridized carbons (Fsp3) is 0.0588. The van der Waals surface area contributed by atoms with Crippen LogP contribution >= 0.6 is 11.3 Å². The summed E-state index contributed by atoms with van der Waals surface area (Å²) >= 11 is 1.57. The molecule has 3 aromatic heterocycles. The molecule has 3 heterocycles. The Morgan fingerprint density at radius 3 is 3.04 bits per heavy atom. The summed E-state index contributed by atoms with van der Waals surface area (Å²) in [6, 6.07) is 11.7. The van der Waals surface area contributed by atoms with E-state index in [4.69, 9.17) is 5.26 Å². The summed E-state index contributed by atoms with van der Waals surface area (Å²) in [5.74, 6) is 0. The lowest BCUT2D eigenvalue weighted by Crippen LogP contribution is -1.88. The summed E-state index contributed by atoms with van der Waals surface area (Å²) in [4.78, 5) is 10.0. The molecule has 4 rings (SSSR count). The Bertz CT molecular complexity index is 1050.